The minimum atomic E-state index is 0.767. The standard InChI is InChI=1S/C16H13NO2/c1-12-11-16(19-17-12)13-7-9-15(10-8-13)18-14-5-3-2-4-6-14/h2-11H,1H3. The van der Waals surface area contributed by atoms with Gasteiger partial charge in [0.25, 0.3) is 0 Å². The molecule has 0 aliphatic heterocycles. The largest absolute Gasteiger partial charge is 0.457 e. The van der Waals surface area contributed by atoms with E-state index in [2.05, 4.69) is 5.16 Å². The summed E-state index contributed by atoms with van der Waals surface area (Å²) >= 11 is 0. The van der Waals surface area contributed by atoms with Crippen molar-refractivity contribution < 1.29 is 9.26 Å². The number of hydrogen-bond donors (Lipinski definition) is 0. The van der Waals surface area contributed by atoms with Crippen molar-refractivity contribution in [2.75, 3.05) is 0 Å². The third-order valence-corrected chi connectivity index (χ3v) is 2.75. The van der Waals surface area contributed by atoms with E-state index in [1.165, 1.54) is 0 Å². The third-order valence-electron chi connectivity index (χ3n) is 2.75. The summed E-state index contributed by atoms with van der Waals surface area (Å²) in [6.07, 6.45) is 0. The molecule has 0 bridgehead atoms. The van der Waals surface area contributed by atoms with Gasteiger partial charge in [0.1, 0.15) is 11.5 Å². The topological polar surface area (TPSA) is 35.3 Å². The molecule has 19 heavy (non-hydrogen) atoms. The molecule has 0 radical (unpaired) electrons. The van der Waals surface area contributed by atoms with Gasteiger partial charge in [0.2, 0.25) is 0 Å². The van der Waals surface area contributed by atoms with Gasteiger partial charge in [-0.1, -0.05) is 23.4 Å². The lowest BCUT2D eigenvalue weighted by atomic mass is 10.1. The molecule has 0 aliphatic carbocycles. The van der Waals surface area contributed by atoms with Gasteiger partial charge in [-0.05, 0) is 43.3 Å². The van der Waals surface area contributed by atoms with Gasteiger partial charge in [0.15, 0.2) is 5.76 Å². The Balaban J connectivity index is 1.79. The molecule has 1 aromatic heterocycles. The summed E-state index contributed by atoms with van der Waals surface area (Å²) in [6.45, 7) is 1.90. The second-order valence-corrected chi connectivity index (χ2v) is 4.27. The van der Waals surface area contributed by atoms with E-state index >= 15 is 0 Å². The Labute approximate surface area is 111 Å². The summed E-state index contributed by atoms with van der Waals surface area (Å²) < 4.78 is 10.9. The molecule has 0 fully saturated rings. The number of hydrogen-bond acceptors (Lipinski definition) is 3. The molecule has 3 aromatic rings. The second-order valence-electron chi connectivity index (χ2n) is 4.27. The van der Waals surface area contributed by atoms with Gasteiger partial charge in [0, 0.05) is 11.6 Å². The molecule has 3 nitrogen and oxygen atoms in total. The van der Waals surface area contributed by atoms with Crippen LogP contribution in [-0.4, -0.2) is 5.16 Å². The Kier molecular flexibility index (Phi) is 3.02. The lowest BCUT2D eigenvalue weighted by Crippen LogP contribution is -1.83. The van der Waals surface area contributed by atoms with Crippen LogP contribution in [0.5, 0.6) is 11.5 Å². The van der Waals surface area contributed by atoms with Crippen LogP contribution in [0.15, 0.2) is 65.2 Å². The summed E-state index contributed by atoms with van der Waals surface area (Å²) in [5, 5.41) is 3.88. The van der Waals surface area contributed by atoms with E-state index < -0.39 is 0 Å². The quantitative estimate of drug-likeness (QED) is 0.690. The van der Waals surface area contributed by atoms with Gasteiger partial charge in [-0.2, -0.15) is 0 Å². The first-order valence-electron chi connectivity index (χ1n) is 6.08. The Morgan fingerprint density at radius 1 is 0.895 bits per heavy atom. The molecule has 0 saturated carbocycles. The molecule has 0 unspecified atom stereocenters. The Morgan fingerprint density at radius 3 is 2.21 bits per heavy atom. The summed E-state index contributed by atoms with van der Waals surface area (Å²) in [4.78, 5) is 0. The predicted molar refractivity (Wildman–Crippen MR) is 73.2 cm³/mol. The number of rotatable bonds is 3. The first-order valence-corrected chi connectivity index (χ1v) is 6.08. The van der Waals surface area contributed by atoms with Crippen LogP contribution in [0.2, 0.25) is 0 Å². The van der Waals surface area contributed by atoms with Gasteiger partial charge in [-0.15, -0.1) is 0 Å². The molecule has 2 aromatic carbocycles. The van der Waals surface area contributed by atoms with Crippen molar-refractivity contribution in [1.29, 1.82) is 0 Å². The number of aryl methyl sites for hydroxylation is 1. The van der Waals surface area contributed by atoms with Gasteiger partial charge >= 0.3 is 0 Å². The fourth-order valence-electron chi connectivity index (χ4n) is 1.81. The van der Waals surface area contributed by atoms with E-state index in [-0.39, 0.29) is 0 Å². The average Bonchev–Trinajstić information content (AvgIpc) is 2.87. The zero-order valence-corrected chi connectivity index (χ0v) is 10.5. The summed E-state index contributed by atoms with van der Waals surface area (Å²) in [5.74, 6) is 2.39. The zero-order valence-electron chi connectivity index (χ0n) is 10.5. The van der Waals surface area contributed by atoms with E-state index in [9.17, 15) is 0 Å². The van der Waals surface area contributed by atoms with Crippen molar-refractivity contribution in [3.63, 3.8) is 0 Å². The number of ether oxygens (including phenoxy) is 1. The highest BCUT2D eigenvalue weighted by Gasteiger charge is 2.04. The van der Waals surface area contributed by atoms with Crippen LogP contribution in [0.25, 0.3) is 11.3 Å². The summed E-state index contributed by atoms with van der Waals surface area (Å²) in [7, 11) is 0. The van der Waals surface area contributed by atoms with Crippen LogP contribution in [0, 0.1) is 6.92 Å². The first kappa shape index (κ1) is 11.5. The van der Waals surface area contributed by atoms with Crippen LogP contribution in [0.3, 0.4) is 0 Å². The molecule has 3 heteroatoms. The van der Waals surface area contributed by atoms with Gasteiger partial charge in [0.05, 0.1) is 5.69 Å². The van der Waals surface area contributed by atoms with Crippen LogP contribution >= 0.6 is 0 Å². The van der Waals surface area contributed by atoms with Crippen LogP contribution in [0.4, 0.5) is 0 Å². The SMILES string of the molecule is Cc1cc(-c2ccc(Oc3ccccc3)cc2)on1. The minimum Gasteiger partial charge on any atom is -0.457 e. The van der Waals surface area contributed by atoms with E-state index in [0.717, 1.165) is 28.5 Å². The maximum atomic E-state index is 5.73. The highest BCUT2D eigenvalue weighted by molar-refractivity contribution is 5.58. The monoisotopic (exact) mass is 251 g/mol. The van der Waals surface area contributed by atoms with Crippen LogP contribution in [-0.2, 0) is 0 Å². The molecule has 0 N–H and O–H groups in total. The maximum absolute atomic E-state index is 5.73. The van der Waals surface area contributed by atoms with Crippen LogP contribution in [0.1, 0.15) is 5.69 Å². The van der Waals surface area contributed by atoms with Crippen molar-refractivity contribution >= 4 is 0 Å². The van der Waals surface area contributed by atoms with Gasteiger partial charge in [-0.25, -0.2) is 0 Å². The van der Waals surface area contributed by atoms with Crippen molar-refractivity contribution in [3.05, 3.63) is 66.4 Å². The third kappa shape index (κ3) is 2.65. The number of para-hydroxylation sites is 1. The average molecular weight is 251 g/mol. The number of nitrogens with zero attached hydrogens (tertiary/aromatic N) is 1. The van der Waals surface area contributed by atoms with E-state index in [4.69, 9.17) is 9.26 Å². The van der Waals surface area contributed by atoms with Crippen molar-refractivity contribution in [1.82, 2.24) is 5.16 Å². The van der Waals surface area contributed by atoms with E-state index in [1.54, 1.807) is 0 Å². The van der Waals surface area contributed by atoms with Gasteiger partial charge < -0.3 is 9.26 Å². The molecule has 0 atom stereocenters. The highest BCUT2D eigenvalue weighted by Crippen LogP contribution is 2.25. The zero-order chi connectivity index (χ0) is 13.1. The first-order chi connectivity index (χ1) is 9.31. The van der Waals surface area contributed by atoms with Crippen molar-refractivity contribution in [2.45, 2.75) is 6.92 Å². The number of benzene rings is 2. The van der Waals surface area contributed by atoms with E-state index in [0.29, 0.717) is 0 Å². The Hall–Kier alpha value is -2.55. The van der Waals surface area contributed by atoms with Gasteiger partial charge in [-0.3, -0.25) is 0 Å². The minimum absolute atomic E-state index is 0.767. The lowest BCUT2D eigenvalue weighted by molar-refractivity contribution is 0.427. The molecular formula is C16H13NO2. The number of aromatic nitrogens is 1. The molecule has 0 amide bonds. The fourth-order valence-corrected chi connectivity index (χ4v) is 1.81. The molecule has 3 rings (SSSR count). The maximum Gasteiger partial charge on any atom is 0.167 e. The Morgan fingerprint density at radius 2 is 1.58 bits per heavy atom. The lowest BCUT2D eigenvalue weighted by Gasteiger charge is -2.05. The Bertz CT molecular complexity index is 657. The molecule has 0 saturated heterocycles. The predicted octanol–water partition coefficient (Wildman–Crippen LogP) is 4.44. The molecule has 0 spiro atoms. The molecule has 94 valence electrons. The smallest absolute Gasteiger partial charge is 0.167 e. The summed E-state index contributed by atoms with van der Waals surface area (Å²) in [5.41, 5.74) is 1.86. The molecule has 0 aliphatic rings. The van der Waals surface area contributed by atoms with E-state index in [1.807, 2.05) is 67.6 Å². The molecule has 1 heterocycles. The normalized spacial score (nSPS) is 10.4. The fraction of sp³-hybridized carbons (Fsp3) is 0.0625. The highest BCUT2D eigenvalue weighted by atomic mass is 16.5. The van der Waals surface area contributed by atoms with Crippen molar-refractivity contribution in [2.24, 2.45) is 0 Å². The summed E-state index contributed by atoms with van der Waals surface area (Å²) in [6, 6.07) is 19.4. The molecular weight excluding hydrogens is 238 g/mol. The van der Waals surface area contributed by atoms with Crippen LogP contribution < -0.4 is 4.74 Å². The van der Waals surface area contributed by atoms with Crippen molar-refractivity contribution in [3.8, 4) is 22.8 Å². The second kappa shape index (κ2) is 4.98.